The van der Waals surface area contributed by atoms with E-state index in [9.17, 15) is 18.0 Å². The normalized spacial score (nSPS) is 11.9. The summed E-state index contributed by atoms with van der Waals surface area (Å²) in [7, 11) is -2.82. The molecule has 0 aliphatic heterocycles. The molecule has 0 radical (unpaired) electrons. The van der Waals surface area contributed by atoms with Crippen LogP contribution in [0.25, 0.3) is 0 Å². The lowest BCUT2D eigenvalue weighted by atomic mass is 10.0. The molecule has 2 N–H and O–H groups in total. The topological polar surface area (TPSA) is 105 Å². The largest absolute Gasteiger partial charge is 0.497 e. The Morgan fingerprint density at radius 3 is 2.25 bits per heavy atom. The van der Waals surface area contributed by atoms with Gasteiger partial charge in [0.1, 0.15) is 16.7 Å². The summed E-state index contributed by atoms with van der Waals surface area (Å²) in [4.78, 5) is 27.5. The number of rotatable bonds is 9. The van der Waals surface area contributed by atoms with E-state index in [4.69, 9.17) is 27.9 Å². The van der Waals surface area contributed by atoms with Crippen LogP contribution in [0.4, 0.5) is 10.5 Å². The maximum atomic E-state index is 13.6. The summed E-state index contributed by atoms with van der Waals surface area (Å²) in [5.41, 5.74) is 1.38. The summed E-state index contributed by atoms with van der Waals surface area (Å²) in [5.74, 6) is 0.213. The zero-order chi connectivity index (χ0) is 26.3. The highest BCUT2D eigenvalue weighted by atomic mass is 35.5. The first-order valence-electron chi connectivity index (χ1n) is 10.9. The van der Waals surface area contributed by atoms with E-state index in [0.717, 1.165) is 5.56 Å². The van der Waals surface area contributed by atoms with Crippen molar-refractivity contribution in [3.8, 4) is 5.75 Å². The van der Waals surface area contributed by atoms with Crippen LogP contribution in [-0.2, 0) is 21.2 Å². The van der Waals surface area contributed by atoms with Crippen molar-refractivity contribution >= 4 is 50.9 Å². The average molecular weight is 550 g/mol. The highest BCUT2D eigenvalue weighted by Gasteiger charge is 2.29. The Kier molecular flexibility index (Phi) is 9.19. The monoisotopic (exact) mass is 549 g/mol. The van der Waals surface area contributed by atoms with Gasteiger partial charge >= 0.3 is 6.03 Å². The molecule has 0 spiro atoms. The molecule has 11 heteroatoms. The van der Waals surface area contributed by atoms with Gasteiger partial charge in [-0.25, -0.2) is 17.9 Å². The summed E-state index contributed by atoms with van der Waals surface area (Å²) in [5, 5.41) is 2.32. The number of halogens is 2. The molecule has 36 heavy (non-hydrogen) atoms. The number of sulfonamides is 1. The maximum absolute atomic E-state index is 13.6. The van der Waals surface area contributed by atoms with Crippen molar-refractivity contribution in [1.82, 2.24) is 10.0 Å². The van der Waals surface area contributed by atoms with Crippen LogP contribution in [0.1, 0.15) is 12.5 Å². The van der Waals surface area contributed by atoms with Crippen molar-refractivity contribution in [2.24, 2.45) is 0 Å². The Hall–Kier alpha value is -3.27. The van der Waals surface area contributed by atoms with Gasteiger partial charge in [0.2, 0.25) is 5.91 Å². The van der Waals surface area contributed by atoms with Crippen LogP contribution in [0.5, 0.6) is 5.75 Å². The molecule has 3 aromatic carbocycles. The van der Waals surface area contributed by atoms with Crippen LogP contribution < -0.4 is 19.7 Å². The van der Waals surface area contributed by atoms with Gasteiger partial charge in [0.15, 0.2) is 0 Å². The third-order valence-corrected chi connectivity index (χ3v) is 7.59. The van der Waals surface area contributed by atoms with Crippen molar-refractivity contribution in [3.05, 3.63) is 88.4 Å². The Labute approximate surface area is 220 Å². The van der Waals surface area contributed by atoms with Crippen molar-refractivity contribution in [2.45, 2.75) is 24.3 Å². The average Bonchev–Trinajstić information content (AvgIpc) is 2.86. The van der Waals surface area contributed by atoms with E-state index in [2.05, 4.69) is 5.32 Å². The first-order chi connectivity index (χ1) is 17.2. The molecule has 190 valence electrons. The Bertz CT molecular complexity index is 1320. The number of amides is 3. The lowest BCUT2D eigenvalue weighted by Crippen LogP contribution is -2.53. The van der Waals surface area contributed by atoms with Gasteiger partial charge in [-0.05, 0) is 48.9 Å². The number of carbonyl (C=O) groups is 2. The molecule has 0 heterocycles. The Balaban J connectivity index is 1.86. The van der Waals surface area contributed by atoms with E-state index in [1.165, 1.54) is 23.1 Å². The third-order valence-electron chi connectivity index (χ3n) is 5.29. The second kappa shape index (κ2) is 12.1. The minimum atomic E-state index is -4.36. The highest BCUT2D eigenvalue weighted by molar-refractivity contribution is 7.90. The van der Waals surface area contributed by atoms with Gasteiger partial charge < -0.3 is 15.0 Å². The number of likely N-dealkylation sites (N-methyl/N-ethyl adjacent to an activating group) is 1. The molecule has 1 atom stereocenters. The predicted molar refractivity (Wildman–Crippen MR) is 140 cm³/mol. The summed E-state index contributed by atoms with van der Waals surface area (Å²) in [6.45, 7) is 2.11. The number of benzene rings is 3. The second-order valence-corrected chi connectivity index (χ2v) is 10.1. The van der Waals surface area contributed by atoms with Crippen LogP contribution in [0, 0.1) is 0 Å². The summed E-state index contributed by atoms with van der Waals surface area (Å²) >= 11 is 11.9. The molecule has 1 unspecified atom stereocenters. The molecule has 0 saturated heterocycles. The quantitative estimate of drug-likeness (QED) is 0.404. The van der Waals surface area contributed by atoms with E-state index in [0.29, 0.717) is 18.0 Å². The van der Waals surface area contributed by atoms with Gasteiger partial charge in [-0.2, -0.15) is 0 Å². The lowest BCUT2D eigenvalue weighted by Gasteiger charge is -2.27. The van der Waals surface area contributed by atoms with E-state index in [-0.39, 0.29) is 21.4 Å². The minimum absolute atomic E-state index is 0.0233. The molecular weight excluding hydrogens is 525 g/mol. The first-order valence-corrected chi connectivity index (χ1v) is 13.2. The molecule has 3 rings (SSSR count). The van der Waals surface area contributed by atoms with E-state index in [1.54, 1.807) is 38.3 Å². The fourth-order valence-electron chi connectivity index (χ4n) is 3.52. The number of hydrogen-bond donors (Lipinski definition) is 2. The van der Waals surface area contributed by atoms with E-state index >= 15 is 0 Å². The summed E-state index contributed by atoms with van der Waals surface area (Å²) < 4.78 is 32.6. The predicted octanol–water partition coefficient (Wildman–Crippen LogP) is 4.65. The SMILES string of the molecule is CCN(C(=O)C(Cc1ccccc1)NC(=O)NS(=O)(=O)c1cccc(Cl)c1Cl)c1ccc(OC)cc1. The van der Waals surface area contributed by atoms with E-state index < -0.39 is 28.0 Å². The number of nitrogens with zero attached hydrogens (tertiary/aromatic N) is 1. The van der Waals surface area contributed by atoms with Gasteiger partial charge in [0.25, 0.3) is 10.0 Å². The van der Waals surface area contributed by atoms with Gasteiger partial charge in [-0.15, -0.1) is 0 Å². The molecule has 0 aliphatic rings. The second-order valence-electron chi connectivity index (χ2n) is 7.65. The van der Waals surface area contributed by atoms with Crippen molar-refractivity contribution in [3.63, 3.8) is 0 Å². The molecular formula is C25H25Cl2N3O5S. The molecule has 0 aromatic heterocycles. The molecule has 0 aliphatic carbocycles. The van der Waals surface area contributed by atoms with E-state index in [1.807, 2.05) is 35.1 Å². The molecule has 0 fully saturated rings. The van der Waals surface area contributed by atoms with Crippen LogP contribution in [0.15, 0.2) is 77.7 Å². The fourth-order valence-corrected chi connectivity index (χ4v) is 5.20. The Morgan fingerprint density at radius 1 is 0.972 bits per heavy atom. The van der Waals surface area contributed by atoms with Crippen LogP contribution in [0.2, 0.25) is 10.0 Å². The summed E-state index contributed by atoms with van der Waals surface area (Å²) in [6.07, 6.45) is 0.137. The number of nitrogens with one attached hydrogen (secondary N) is 2. The molecule has 8 nitrogen and oxygen atoms in total. The van der Waals surface area contributed by atoms with Crippen molar-refractivity contribution < 1.29 is 22.7 Å². The zero-order valence-electron chi connectivity index (χ0n) is 19.6. The zero-order valence-corrected chi connectivity index (χ0v) is 21.9. The first kappa shape index (κ1) is 27.3. The number of hydrogen-bond acceptors (Lipinski definition) is 5. The van der Waals surface area contributed by atoms with Crippen LogP contribution in [-0.4, -0.2) is 40.1 Å². The number of methoxy groups -OCH3 is 1. The standard InChI is InChI=1S/C25H25Cl2N3O5S/c1-3-30(18-12-14-19(35-2)15-13-18)24(31)21(16-17-8-5-4-6-9-17)28-25(32)29-36(33,34)22-11-7-10-20(26)23(22)27/h4-15,21H,3,16H2,1-2H3,(H2,28,29,32). The Morgan fingerprint density at radius 2 is 1.64 bits per heavy atom. The van der Waals surface area contributed by atoms with Crippen LogP contribution >= 0.6 is 23.2 Å². The molecule has 3 aromatic rings. The number of carbonyl (C=O) groups excluding carboxylic acids is 2. The van der Waals surface area contributed by atoms with Gasteiger partial charge in [0.05, 0.1) is 17.2 Å². The smallest absolute Gasteiger partial charge is 0.329 e. The van der Waals surface area contributed by atoms with Crippen LogP contribution in [0.3, 0.4) is 0 Å². The number of urea groups is 1. The summed E-state index contributed by atoms with van der Waals surface area (Å²) in [6, 6.07) is 17.9. The third kappa shape index (κ3) is 6.69. The van der Waals surface area contributed by atoms with Gasteiger partial charge in [-0.3, -0.25) is 4.79 Å². The van der Waals surface area contributed by atoms with Crippen molar-refractivity contribution in [1.29, 1.82) is 0 Å². The van der Waals surface area contributed by atoms with Crippen molar-refractivity contribution in [2.75, 3.05) is 18.6 Å². The number of anilines is 1. The molecule has 0 bridgehead atoms. The molecule has 3 amide bonds. The highest BCUT2D eigenvalue weighted by Crippen LogP contribution is 2.28. The molecule has 0 saturated carbocycles. The lowest BCUT2D eigenvalue weighted by molar-refractivity contribution is -0.120. The number of ether oxygens (including phenoxy) is 1. The fraction of sp³-hybridized carbons (Fsp3) is 0.200. The maximum Gasteiger partial charge on any atom is 0.329 e. The van der Waals surface area contributed by atoms with Gasteiger partial charge in [-0.1, -0.05) is 59.6 Å². The van der Waals surface area contributed by atoms with Gasteiger partial charge in [0, 0.05) is 18.7 Å². The minimum Gasteiger partial charge on any atom is -0.497 e.